The van der Waals surface area contributed by atoms with Crippen molar-refractivity contribution in [3.05, 3.63) is 45.7 Å². The molecule has 0 fully saturated rings. The first kappa shape index (κ1) is 16.6. The maximum absolute atomic E-state index is 11.9. The molecular weight excluding hydrogens is 300 g/mol. The predicted molar refractivity (Wildman–Crippen MR) is 86.2 cm³/mol. The second-order valence-corrected chi connectivity index (χ2v) is 5.25. The number of aliphatic hydroxyl groups excluding tert-OH is 1. The van der Waals surface area contributed by atoms with Gasteiger partial charge in [-0.3, -0.25) is 4.79 Å². The number of nitrogens with zero attached hydrogens (tertiary/aromatic N) is 1. The van der Waals surface area contributed by atoms with E-state index in [-0.39, 0.29) is 18.6 Å². The van der Waals surface area contributed by atoms with Crippen LogP contribution in [-0.2, 0) is 6.42 Å². The Morgan fingerprint density at radius 2 is 1.83 bits per heavy atom. The molecule has 23 heavy (non-hydrogen) atoms. The smallest absolute Gasteiger partial charge is 0.345 e. The monoisotopic (exact) mass is 318 g/mol. The number of aromatic amines is 1. The molecule has 0 aliphatic carbocycles. The number of benzene rings is 1. The van der Waals surface area contributed by atoms with Crippen LogP contribution in [0, 0.1) is 0 Å². The van der Waals surface area contributed by atoms with Gasteiger partial charge in [-0.1, -0.05) is 12.1 Å². The number of H-pyrrole nitrogens is 1. The molecule has 0 amide bonds. The second-order valence-electron chi connectivity index (χ2n) is 5.25. The molecular formula is C16H18N2O5. The minimum Gasteiger partial charge on any atom is -0.506 e. The summed E-state index contributed by atoms with van der Waals surface area (Å²) in [5, 5.41) is 28.4. The molecule has 0 radical (unpaired) electrons. The lowest BCUT2D eigenvalue weighted by Gasteiger charge is -2.15. The van der Waals surface area contributed by atoms with Crippen molar-refractivity contribution in [1.82, 2.24) is 4.98 Å². The Labute approximate surface area is 132 Å². The van der Waals surface area contributed by atoms with E-state index in [1.807, 2.05) is 31.1 Å². The average Bonchev–Trinajstić information content (AvgIpc) is 2.49. The fraction of sp³-hybridized carbons (Fsp3) is 0.250. The van der Waals surface area contributed by atoms with Crippen LogP contribution < -0.4 is 10.5 Å². The first-order chi connectivity index (χ1) is 10.9. The number of anilines is 1. The molecule has 1 aromatic carbocycles. The molecule has 0 spiro atoms. The summed E-state index contributed by atoms with van der Waals surface area (Å²) < 4.78 is 0. The Kier molecular flexibility index (Phi) is 4.71. The maximum Gasteiger partial charge on any atom is 0.345 e. The minimum absolute atomic E-state index is 0.0215. The van der Waals surface area contributed by atoms with Gasteiger partial charge in [0, 0.05) is 38.4 Å². The Hall–Kier alpha value is -2.80. The molecule has 0 saturated carbocycles. The van der Waals surface area contributed by atoms with Crippen molar-refractivity contribution < 1.29 is 20.1 Å². The van der Waals surface area contributed by atoms with Crippen molar-refractivity contribution in [2.24, 2.45) is 0 Å². The highest BCUT2D eigenvalue weighted by Gasteiger charge is 2.22. The lowest BCUT2D eigenvalue weighted by atomic mass is 10.00. The highest BCUT2D eigenvalue weighted by atomic mass is 16.4. The Morgan fingerprint density at radius 3 is 2.30 bits per heavy atom. The number of pyridine rings is 1. The molecule has 4 N–H and O–H groups in total. The Bertz CT molecular complexity index is 778. The third kappa shape index (κ3) is 3.19. The van der Waals surface area contributed by atoms with Crippen LogP contribution in [-0.4, -0.2) is 47.0 Å². The van der Waals surface area contributed by atoms with Gasteiger partial charge >= 0.3 is 5.97 Å². The zero-order chi connectivity index (χ0) is 17.1. The molecule has 0 aliphatic heterocycles. The van der Waals surface area contributed by atoms with Gasteiger partial charge in [-0.15, -0.1) is 0 Å². The predicted octanol–water partition coefficient (Wildman–Crippen LogP) is 1.05. The normalized spacial score (nSPS) is 10.6. The number of aromatic hydroxyl groups is 1. The van der Waals surface area contributed by atoms with Gasteiger partial charge in [0.05, 0.1) is 5.69 Å². The van der Waals surface area contributed by atoms with Gasteiger partial charge in [-0.2, -0.15) is 0 Å². The number of hydrogen-bond donors (Lipinski definition) is 4. The van der Waals surface area contributed by atoms with E-state index in [0.717, 1.165) is 5.69 Å². The molecule has 1 aromatic heterocycles. The Morgan fingerprint density at radius 1 is 1.22 bits per heavy atom. The third-order valence-corrected chi connectivity index (χ3v) is 3.54. The van der Waals surface area contributed by atoms with Gasteiger partial charge < -0.3 is 25.2 Å². The van der Waals surface area contributed by atoms with Crippen molar-refractivity contribution in [2.45, 2.75) is 6.42 Å². The summed E-state index contributed by atoms with van der Waals surface area (Å²) in [6, 6.07) is 7.17. The summed E-state index contributed by atoms with van der Waals surface area (Å²) >= 11 is 0. The molecule has 0 bridgehead atoms. The molecule has 122 valence electrons. The maximum atomic E-state index is 11.9. The number of nitrogens with one attached hydrogen (secondary N) is 1. The summed E-state index contributed by atoms with van der Waals surface area (Å²) in [5.41, 5.74) is 0.457. The first-order valence-corrected chi connectivity index (χ1v) is 6.96. The van der Waals surface area contributed by atoms with E-state index < -0.39 is 22.8 Å². The zero-order valence-corrected chi connectivity index (χ0v) is 12.8. The number of carboxylic acid groups (broad SMARTS) is 1. The molecule has 0 aliphatic rings. The van der Waals surface area contributed by atoms with E-state index in [2.05, 4.69) is 4.98 Å². The average molecular weight is 318 g/mol. The van der Waals surface area contributed by atoms with Crippen LogP contribution in [0.4, 0.5) is 5.69 Å². The Balaban J connectivity index is 2.66. The van der Waals surface area contributed by atoms with Crippen LogP contribution >= 0.6 is 0 Å². The minimum atomic E-state index is -1.52. The molecule has 0 saturated heterocycles. The number of hydrogen-bond acceptors (Lipinski definition) is 5. The van der Waals surface area contributed by atoms with Crippen LogP contribution in [0.25, 0.3) is 11.3 Å². The number of aliphatic hydroxyl groups is 1. The number of carbonyl (C=O) groups is 1. The van der Waals surface area contributed by atoms with Gasteiger partial charge in [0.1, 0.15) is 5.75 Å². The molecule has 7 heteroatoms. The highest BCUT2D eigenvalue weighted by Crippen LogP contribution is 2.30. The lowest BCUT2D eigenvalue weighted by molar-refractivity contribution is 0.0691. The largest absolute Gasteiger partial charge is 0.506 e. The van der Waals surface area contributed by atoms with Gasteiger partial charge in [0.25, 0.3) is 5.56 Å². The summed E-state index contributed by atoms with van der Waals surface area (Å²) in [5.74, 6) is -2.13. The van der Waals surface area contributed by atoms with E-state index >= 15 is 0 Å². The van der Waals surface area contributed by atoms with E-state index in [9.17, 15) is 19.8 Å². The summed E-state index contributed by atoms with van der Waals surface area (Å²) in [7, 11) is 3.78. The topological polar surface area (TPSA) is 114 Å². The van der Waals surface area contributed by atoms with E-state index in [1.54, 1.807) is 12.1 Å². The van der Waals surface area contributed by atoms with Gasteiger partial charge in [-0.25, -0.2) is 4.79 Å². The van der Waals surface area contributed by atoms with Crippen molar-refractivity contribution in [3.63, 3.8) is 0 Å². The molecule has 2 aromatic rings. The fourth-order valence-electron chi connectivity index (χ4n) is 2.35. The van der Waals surface area contributed by atoms with Gasteiger partial charge in [0.2, 0.25) is 0 Å². The first-order valence-electron chi connectivity index (χ1n) is 6.96. The second kappa shape index (κ2) is 6.53. The van der Waals surface area contributed by atoms with Crippen LogP contribution in [0.2, 0.25) is 0 Å². The number of carboxylic acids is 1. The third-order valence-electron chi connectivity index (χ3n) is 3.54. The van der Waals surface area contributed by atoms with Crippen LogP contribution in [0.3, 0.4) is 0 Å². The van der Waals surface area contributed by atoms with E-state index in [0.29, 0.717) is 11.3 Å². The zero-order valence-electron chi connectivity index (χ0n) is 12.8. The standard InChI is InChI=1S/C16H18N2O5/c1-18(2)10-5-3-9(4-6-10)13-11(7-8-19)14(20)12(16(22)23)15(21)17-13/h3-6,19H,7-8H2,1-2H3,(H,22,23)(H2,17,20,21). The van der Waals surface area contributed by atoms with E-state index in [4.69, 9.17) is 5.11 Å². The number of aromatic nitrogens is 1. The van der Waals surface area contributed by atoms with Crippen LogP contribution in [0.15, 0.2) is 29.1 Å². The summed E-state index contributed by atoms with van der Waals surface area (Å²) in [6.07, 6.45) is 0.0215. The molecule has 7 nitrogen and oxygen atoms in total. The fourth-order valence-corrected chi connectivity index (χ4v) is 2.35. The van der Waals surface area contributed by atoms with Crippen molar-refractivity contribution in [2.75, 3.05) is 25.6 Å². The molecule has 2 rings (SSSR count). The number of rotatable bonds is 5. The quantitative estimate of drug-likeness (QED) is 0.655. The van der Waals surface area contributed by atoms with Crippen molar-refractivity contribution in [1.29, 1.82) is 0 Å². The van der Waals surface area contributed by atoms with Crippen molar-refractivity contribution in [3.8, 4) is 17.0 Å². The van der Waals surface area contributed by atoms with Crippen molar-refractivity contribution >= 4 is 11.7 Å². The SMILES string of the molecule is CN(C)c1ccc(-c2[nH]c(=O)c(C(=O)O)c(O)c2CCO)cc1. The highest BCUT2D eigenvalue weighted by molar-refractivity contribution is 5.92. The molecule has 1 heterocycles. The molecule has 0 unspecified atom stereocenters. The van der Waals surface area contributed by atoms with Crippen LogP contribution in [0.5, 0.6) is 5.75 Å². The summed E-state index contributed by atoms with van der Waals surface area (Å²) in [4.78, 5) is 27.5. The van der Waals surface area contributed by atoms with Crippen LogP contribution in [0.1, 0.15) is 15.9 Å². The van der Waals surface area contributed by atoms with Gasteiger partial charge in [-0.05, 0) is 17.7 Å². The number of aromatic carboxylic acids is 1. The lowest BCUT2D eigenvalue weighted by Crippen LogP contribution is -2.20. The van der Waals surface area contributed by atoms with Gasteiger partial charge in [0.15, 0.2) is 5.56 Å². The molecule has 0 atom stereocenters. The van der Waals surface area contributed by atoms with E-state index in [1.165, 1.54) is 0 Å². The summed E-state index contributed by atoms with van der Waals surface area (Å²) in [6.45, 7) is -0.290.